The van der Waals surface area contributed by atoms with Crippen LogP contribution in [0.5, 0.6) is 0 Å². The van der Waals surface area contributed by atoms with Crippen molar-refractivity contribution in [3.63, 3.8) is 0 Å². The Morgan fingerprint density at radius 3 is 2.65 bits per heavy atom. The van der Waals surface area contributed by atoms with Crippen molar-refractivity contribution in [3.8, 4) is 0 Å². The second-order valence-corrected chi connectivity index (χ2v) is 5.69. The summed E-state index contributed by atoms with van der Waals surface area (Å²) in [5.74, 6) is -1.45. The van der Waals surface area contributed by atoms with E-state index in [2.05, 4.69) is 0 Å². The molecule has 0 radical (unpaired) electrons. The molecule has 1 unspecified atom stereocenters. The van der Waals surface area contributed by atoms with E-state index in [9.17, 15) is 9.59 Å². The largest absolute Gasteiger partial charge is 0.481 e. The lowest BCUT2D eigenvalue weighted by molar-refractivity contribution is -0.181. The number of carbonyl (C=O) groups excluding carboxylic acids is 1. The number of carbonyl (C=O) groups is 2. The minimum atomic E-state index is -0.996. The minimum Gasteiger partial charge on any atom is -0.481 e. The van der Waals surface area contributed by atoms with Gasteiger partial charge in [0.05, 0.1) is 6.42 Å². The minimum absolute atomic E-state index is 0.234. The number of esters is 1. The zero-order valence-electron chi connectivity index (χ0n) is 11.7. The zero-order valence-corrected chi connectivity index (χ0v) is 11.7. The molecule has 0 bridgehead atoms. The summed E-state index contributed by atoms with van der Waals surface area (Å²) in [5, 5.41) is 8.96. The molecule has 5 nitrogen and oxygen atoms in total. The Balaban J connectivity index is 2.19. The molecule has 0 saturated carbocycles. The van der Waals surface area contributed by atoms with Gasteiger partial charge in [-0.3, -0.25) is 14.5 Å². The molecular formula is C15H19NO4. The van der Waals surface area contributed by atoms with E-state index in [1.807, 2.05) is 49.1 Å². The Morgan fingerprint density at radius 1 is 1.40 bits per heavy atom. The summed E-state index contributed by atoms with van der Waals surface area (Å²) in [6.07, 6.45) is -0.234. The third kappa shape index (κ3) is 3.57. The van der Waals surface area contributed by atoms with E-state index < -0.39 is 23.6 Å². The van der Waals surface area contributed by atoms with Gasteiger partial charge in [-0.1, -0.05) is 30.3 Å². The summed E-state index contributed by atoms with van der Waals surface area (Å²) in [4.78, 5) is 24.8. The third-order valence-corrected chi connectivity index (χ3v) is 3.27. The van der Waals surface area contributed by atoms with Crippen LogP contribution < -0.4 is 0 Å². The maximum absolute atomic E-state index is 12.0. The molecule has 0 aromatic heterocycles. The number of rotatable bonds is 4. The number of nitrogens with zero attached hydrogens (tertiary/aromatic N) is 1. The van der Waals surface area contributed by atoms with Crippen molar-refractivity contribution in [2.45, 2.75) is 38.5 Å². The standard InChI is InChI=1S/C15H19NO4/c1-15(2)10-16(9-11-6-4-3-5-7-11)12(8-13(17)18)14(19)20-15/h3-7,12H,8-10H2,1-2H3,(H,17,18). The van der Waals surface area contributed by atoms with Crippen molar-refractivity contribution in [2.24, 2.45) is 0 Å². The number of morpholine rings is 1. The van der Waals surface area contributed by atoms with E-state index in [4.69, 9.17) is 9.84 Å². The highest BCUT2D eigenvalue weighted by Crippen LogP contribution is 2.25. The van der Waals surface area contributed by atoms with Crippen molar-refractivity contribution in [1.82, 2.24) is 4.90 Å². The van der Waals surface area contributed by atoms with Gasteiger partial charge in [-0.05, 0) is 19.4 Å². The summed E-state index contributed by atoms with van der Waals surface area (Å²) >= 11 is 0. The SMILES string of the molecule is CC1(C)CN(Cc2ccccc2)C(CC(=O)O)C(=O)O1. The molecule has 1 saturated heterocycles. The van der Waals surface area contributed by atoms with Crippen molar-refractivity contribution in [1.29, 1.82) is 0 Å². The quantitative estimate of drug-likeness (QED) is 0.848. The first-order chi connectivity index (χ1) is 9.37. The normalized spacial score (nSPS) is 22.3. The molecule has 1 heterocycles. The van der Waals surface area contributed by atoms with Crippen molar-refractivity contribution < 1.29 is 19.4 Å². The average Bonchev–Trinajstić information content (AvgIpc) is 2.34. The van der Waals surface area contributed by atoms with Gasteiger partial charge in [0, 0.05) is 13.1 Å². The highest BCUT2D eigenvalue weighted by molar-refractivity contribution is 5.82. The van der Waals surface area contributed by atoms with Crippen LogP contribution >= 0.6 is 0 Å². The summed E-state index contributed by atoms with van der Waals surface area (Å²) in [6.45, 7) is 4.72. The van der Waals surface area contributed by atoms with E-state index >= 15 is 0 Å². The van der Waals surface area contributed by atoms with Crippen LogP contribution in [0.4, 0.5) is 0 Å². The van der Waals surface area contributed by atoms with Crippen LogP contribution in [0.15, 0.2) is 30.3 Å². The van der Waals surface area contributed by atoms with Crippen LogP contribution in [0, 0.1) is 0 Å². The molecule has 2 rings (SSSR count). The smallest absolute Gasteiger partial charge is 0.324 e. The Morgan fingerprint density at radius 2 is 2.05 bits per heavy atom. The molecule has 108 valence electrons. The predicted molar refractivity (Wildman–Crippen MR) is 73.1 cm³/mol. The lowest BCUT2D eigenvalue weighted by Gasteiger charge is -2.42. The van der Waals surface area contributed by atoms with Crippen molar-refractivity contribution in [3.05, 3.63) is 35.9 Å². The van der Waals surface area contributed by atoms with Crippen LogP contribution in [0.1, 0.15) is 25.8 Å². The summed E-state index contributed by atoms with van der Waals surface area (Å²) < 4.78 is 5.31. The van der Waals surface area contributed by atoms with E-state index in [1.54, 1.807) is 0 Å². The van der Waals surface area contributed by atoms with E-state index in [-0.39, 0.29) is 6.42 Å². The van der Waals surface area contributed by atoms with E-state index in [1.165, 1.54) is 0 Å². The monoisotopic (exact) mass is 277 g/mol. The van der Waals surface area contributed by atoms with Crippen LogP contribution in [0.2, 0.25) is 0 Å². The van der Waals surface area contributed by atoms with Crippen LogP contribution in [0.25, 0.3) is 0 Å². The number of ether oxygens (including phenoxy) is 1. The fourth-order valence-corrected chi connectivity index (χ4v) is 2.48. The topological polar surface area (TPSA) is 66.8 Å². The van der Waals surface area contributed by atoms with Gasteiger partial charge in [-0.2, -0.15) is 0 Å². The summed E-state index contributed by atoms with van der Waals surface area (Å²) in [7, 11) is 0. The second kappa shape index (κ2) is 5.63. The van der Waals surface area contributed by atoms with Crippen molar-refractivity contribution in [2.75, 3.05) is 6.54 Å². The van der Waals surface area contributed by atoms with Gasteiger partial charge in [0.1, 0.15) is 11.6 Å². The molecule has 0 amide bonds. The Hall–Kier alpha value is -1.88. The number of carboxylic acid groups (broad SMARTS) is 1. The van der Waals surface area contributed by atoms with Gasteiger partial charge < -0.3 is 9.84 Å². The first-order valence-electron chi connectivity index (χ1n) is 6.60. The molecule has 1 aromatic carbocycles. The fraction of sp³-hybridized carbons (Fsp3) is 0.467. The Kier molecular flexibility index (Phi) is 4.09. The van der Waals surface area contributed by atoms with Gasteiger partial charge in [-0.15, -0.1) is 0 Å². The molecule has 1 aliphatic heterocycles. The van der Waals surface area contributed by atoms with Crippen molar-refractivity contribution >= 4 is 11.9 Å². The molecule has 5 heteroatoms. The maximum atomic E-state index is 12.0. The lowest BCUT2D eigenvalue weighted by atomic mass is 10.0. The molecule has 1 aliphatic rings. The highest BCUT2D eigenvalue weighted by Gasteiger charge is 2.41. The second-order valence-electron chi connectivity index (χ2n) is 5.69. The molecule has 0 spiro atoms. The summed E-state index contributed by atoms with van der Waals surface area (Å²) in [6, 6.07) is 8.98. The first-order valence-corrected chi connectivity index (χ1v) is 6.60. The van der Waals surface area contributed by atoms with E-state index in [0.717, 1.165) is 5.56 Å². The molecule has 1 N–H and O–H groups in total. The van der Waals surface area contributed by atoms with Gasteiger partial charge in [0.15, 0.2) is 0 Å². The van der Waals surface area contributed by atoms with E-state index in [0.29, 0.717) is 13.1 Å². The number of hydrogen-bond acceptors (Lipinski definition) is 4. The lowest BCUT2D eigenvalue weighted by Crippen LogP contribution is -2.56. The fourth-order valence-electron chi connectivity index (χ4n) is 2.48. The first kappa shape index (κ1) is 14.5. The maximum Gasteiger partial charge on any atom is 0.324 e. The number of cyclic esters (lactones) is 1. The highest BCUT2D eigenvalue weighted by atomic mass is 16.6. The Bertz CT molecular complexity index is 498. The molecule has 1 aromatic rings. The molecule has 0 aliphatic carbocycles. The molecule has 1 fully saturated rings. The van der Waals surface area contributed by atoms with Crippen LogP contribution in [0.3, 0.4) is 0 Å². The zero-order chi connectivity index (χ0) is 14.8. The number of hydrogen-bond donors (Lipinski definition) is 1. The van der Waals surface area contributed by atoms with Crippen LogP contribution in [-0.4, -0.2) is 40.1 Å². The Labute approximate surface area is 118 Å². The van der Waals surface area contributed by atoms with Crippen LogP contribution in [-0.2, 0) is 20.9 Å². The molecular weight excluding hydrogens is 258 g/mol. The van der Waals surface area contributed by atoms with Gasteiger partial charge >= 0.3 is 11.9 Å². The third-order valence-electron chi connectivity index (χ3n) is 3.27. The van der Waals surface area contributed by atoms with Gasteiger partial charge in [0.25, 0.3) is 0 Å². The van der Waals surface area contributed by atoms with Gasteiger partial charge in [-0.25, -0.2) is 0 Å². The number of carboxylic acids is 1. The average molecular weight is 277 g/mol. The number of aliphatic carboxylic acids is 1. The summed E-state index contributed by atoms with van der Waals surface area (Å²) in [5.41, 5.74) is 0.453. The predicted octanol–water partition coefficient (Wildman–Crippen LogP) is 1.67. The number of benzene rings is 1. The molecule has 1 atom stereocenters. The van der Waals surface area contributed by atoms with Gasteiger partial charge in [0.2, 0.25) is 0 Å². The molecule has 20 heavy (non-hydrogen) atoms.